The van der Waals surface area contributed by atoms with E-state index >= 15 is 0 Å². The van der Waals surface area contributed by atoms with Gasteiger partial charge in [-0.15, -0.1) is 0 Å². The summed E-state index contributed by atoms with van der Waals surface area (Å²) in [4.78, 5) is 20.5. The van der Waals surface area contributed by atoms with Crippen molar-refractivity contribution in [1.82, 2.24) is 19.9 Å². The van der Waals surface area contributed by atoms with E-state index in [1.54, 1.807) is 36.4 Å². The van der Waals surface area contributed by atoms with Gasteiger partial charge in [0.05, 0.1) is 6.10 Å². The second-order valence-corrected chi connectivity index (χ2v) is 5.89. The highest BCUT2D eigenvalue weighted by atomic mass is 16.3. The lowest BCUT2D eigenvalue weighted by atomic mass is 9.75. The molecule has 2 aromatic heterocycles. The predicted octanol–water partition coefficient (Wildman–Crippen LogP) is 0.927. The number of nitrogens with zero attached hydrogens (tertiary/aromatic N) is 3. The van der Waals surface area contributed by atoms with Crippen LogP contribution >= 0.6 is 0 Å². The van der Waals surface area contributed by atoms with Crippen LogP contribution in [0.5, 0.6) is 0 Å². The number of aliphatic hydroxyl groups excluding tert-OH is 1. The second kappa shape index (κ2) is 6.27. The molecule has 1 atom stereocenters. The van der Waals surface area contributed by atoms with Crippen LogP contribution in [-0.4, -0.2) is 37.7 Å². The lowest BCUT2D eigenvalue weighted by molar-refractivity contribution is 0.0238. The normalized spacial score (nSPS) is 21.9. The number of nitrogens with one attached hydrogen (secondary N) is 1. The standard InChI is InChI=1S/C16H20N4O2/c1-20-7-6-18-15(20)16(22)19-14(12-9-13(21)10-12)8-11-2-4-17-5-3-11/h2-7,12-14,21H,8-10H2,1H3,(H,19,22)/t12?,13?,14-/m1/s1. The predicted molar refractivity (Wildman–Crippen MR) is 81.1 cm³/mol. The summed E-state index contributed by atoms with van der Waals surface area (Å²) in [7, 11) is 1.80. The van der Waals surface area contributed by atoms with Gasteiger partial charge in [0.15, 0.2) is 5.82 Å². The molecule has 0 aliphatic heterocycles. The quantitative estimate of drug-likeness (QED) is 0.861. The number of rotatable bonds is 5. The van der Waals surface area contributed by atoms with Gasteiger partial charge in [0.1, 0.15) is 0 Å². The minimum atomic E-state index is -0.241. The Labute approximate surface area is 129 Å². The highest BCUT2D eigenvalue weighted by Gasteiger charge is 2.35. The molecule has 2 heterocycles. The van der Waals surface area contributed by atoms with Crippen LogP contribution in [0.1, 0.15) is 29.0 Å². The first-order valence-corrected chi connectivity index (χ1v) is 7.48. The van der Waals surface area contributed by atoms with E-state index in [-0.39, 0.29) is 18.1 Å². The van der Waals surface area contributed by atoms with Crippen molar-refractivity contribution in [2.45, 2.75) is 31.4 Å². The van der Waals surface area contributed by atoms with Gasteiger partial charge in [-0.2, -0.15) is 0 Å². The number of carbonyl (C=O) groups is 1. The summed E-state index contributed by atoms with van der Waals surface area (Å²) in [5, 5.41) is 12.6. The zero-order valence-electron chi connectivity index (χ0n) is 12.5. The number of imidazole rings is 1. The molecule has 22 heavy (non-hydrogen) atoms. The third kappa shape index (κ3) is 3.17. The number of aryl methyl sites for hydroxylation is 1. The van der Waals surface area contributed by atoms with Gasteiger partial charge in [0.2, 0.25) is 0 Å². The Kier molecular flexibility index (Phi) is 4.20. The Morgan fingerprint density at radius 3 is 2.73 bits per heavy atom. The maximum atomic E-state index is 12.4. The molecule has 0 saturated heterocycles. The third-order valence-electron chi connectivity index (χ3n) is 4.26. The molecule has 0 bridgehead atoms. The fourth-order valence-electron chi connectivity index (χ4n) is 2.88. The number of pyridine rings is 1. The number of aliphatic hydroxyl groups is 1. The molecule has 0 aromatic carbocycles. The fraction of sp³-hybridized carbons (Fsp3) is 0.438. The molecular formula is C16H20N4O2. The molecule has 0 radical (unpaired) electrons. The fourth-order valence-corrected chi connectivity index (χ4v) is 2.88. The first-order chi connectivity index (χ1) is 10.6. The van der Waals surface area contributed by atoms with Crippen LogP contribution in [0.25, 0.3) is 0 Å². The molecule has 6 nitrogen and oxygen atoms in total. The molecule has 6 heteroatoms. The molecular weight excluding hydrogens is 280 g/mol. The molecule has 1 saturated carbocycles. The minimum Gasteiger partial charge on any atom is -0.393 e. The molecule has 2 aromatic rings. The maximum absolute atomic E-state index is 12.4. The van der Waals surface area contributed by atoms with Crippen molar-refractivity contribution >= 4 is 5.91 Å². The van der Waals surface area contributed by atoms with Gasteiger partial charge < -0.3 is 15.0 Å². The summed E-state index contributed by atoms with van der Waals surface area (Å²) in [5.74, 6) is 0.528. The zero-order chi connectivity index (χ0) is 15.5. The molecule has 0 spiro atoms. The lowest BCUT2D eigenvalue weighted by Crippen LogP contribution is -2.48. The van der Waals surface area contributed by atoms with Gasteiger partial charge in [-0.3, -0.25) is 9.78 Å². The van der Waals surface area contributed by atoms with Crippen LogP contribution in [0, 0.1) is 5.92 Å². The highest BCUT2D eigenvalue weighted by molar-refractivity contribution is 5.91. The first-order valence-electron chi connectivity index (χ1n) is 7.48. The largest absolute Gasteiger partial charge is 0.393 e. The number of aromatic nitrogens is 3. The molecule has 1 fully saturated rings. The highest BCUT2D eigenvalue weighted by Crippen LogP contribution is 2.31. The van der Waals surface area contributed by atoms with E-state index in [9.17, 15) is 9.90 Å². The van der Waals surface area contributed by atoms with E-state index in [4.69, 9.17) is 0 Å². The van der Waals surface area contributed by atoms with Gasteiger partial charge in [-0.05, 0) is 42.9 Å². The number of hydrogen-bond donors (Lipinski definition) is 2. The molecule has 1 aliphatic rings. The summed E-state index contributed by atoms with van der Waals surface area (Å²) in [6, 6.07) is 3.90. The van der Waals surface area contributed by atoms with Crippen molar-refractivity contribution in [2.24, 2.45) is 13.0 Å². The van der Waals surface area contributed by atoms with E-state index in [0.717, 1.165) is 24.8 Å². The summed E-state index contributed by atoms with van der Waals surface area (Å²) in [6.45, 7) is 0. The van der Waals surface area contributed by atoms with Crippen LogP contribution in [0.2, 0.25) is 0 Å². The number of carbonyl (C=O) groups excluding carboxylic acids is 1. The minimum absolute atomic E-state index is 0.00463. The van der Waals surface area contributed by atoms with Crippen molar-refractivity contribution in [3.05, 3.63) is 48.3 Å². The monoisotopic (exact) mass is 300 g/mol. The Balaban J connectivity index is 1.71. The second-order valence-electron chi connectivity index (χ2n) is 5.89. The van der Waals surface area contributed by atoms with Crippen LogP contribution in [-0.2, 0) is 13.5 Å². The van der Waals surface area contributed by atoms with Crippen molar-refractivity contribution in [3.63, 3.8) is 0 Å². The summed E-state index contributed by atoms with van der Waals surface area (Å²) >= 11 is 0. The molecule has 116 valence electrons. The Morgan fingerprint density at radius 1 is 1.41 bits per heavy atom. The Hall–Kier alpha value is -2.21. The molecule has 2 N–H and O–H groups in total. The van der Waals surface area contributed by atoms with E-state index < -0.39 is 0 Å². The van der Waals surface area contributed by atoms with Crippen molar-refractivity contribution in [1.29, 1.82) is 0 Å². The van der Waals surface area contributed by atoms with Crippen molar-refractivity contribution in [2.75, 3.05) is 0 Å². The average Bonchev–Trinajstić information content (AvgIpc) is 2.91. The summed E-state index contributed by atoms with van der Waals surface area (Å²) < 4.78 is 1.70. The van der Waals surface area contributed by atoms with Crippen LogP contribution in [0.4, 0.5) is 0 Å². The van der Waals surface area contributed by atoms with E-state index in [0.29, 0.717) is 11.7 Å². The van der Waals surface area contributed by atoms with Crippen molar-refractivity contribution in [3.8, 4) is 0 Å². The Bertz CT molecular complexity index is 635. The van der Waals surface area contributed by atoms with E-state index in [1.165, 1.54) is 0 Å². The topological polar surface area (TPSA) is 80.0 Å². The zero-order valence-corrected chi connectivity index (χ0v) is 12.5. The lowest BCUT2D eigenvalue weighted by Gasteiger charge is -2.38. The van der Waals surface area contributed by atoms with Gasteiger partial charge >= 0.3 is 0 Å². The third-order valence-corrected chi connectivity index (χ3v) is 4.26. The van der Waals surface area contributed by atoms with Gasteiger partial charge in [-0.1, -0.05) is 0 Å². The smallest absolute Gasteiger partial charge is 0.287 e. The summed E-state index contributed by atoms with van der Waals surface area (Å²) in [5.41, 5.74) is 1.13. The average molecular weight is 300 g/mol. The number of hydrogen-bond acceptors (Lipinski definition) is 4. The van der Waals surface area contributed by atoms with Gasteiger partial charge in [0, 0.05) is 37.9 Å². The van der Waals surface area contributed by atoms with Gasteiger partial charge in [0.25, 0.3) is 5.91 Å². The SMILES string of the molecule is Cn1ccnc1C(=O)N[C@H](Cc1ccncc1)C1CC(O)C1. The molecule has 1 amide bonds. The van der Waals surface area contributed by atoms with Crippen LogP contribution in [0.3, 0.4) is 0 Å². The Morgan fingerprint density at radius 2 is 2.14 bits per heavy atom. The van der Waals surface area contributed by atoms with E-state index in [1.807, 2.05) is 12.1 Å². The number of amides is 1. The van der Waals surface area contributed by atoms with Gasteiger partial charge in [-0.25, -0.2) is 4.98 Å². The van der Waals surface area contributed by atoms with Crippen LogP contribution in [0.15, 0.2) is 36.9 Å². The van der Waals surface area contributed by atoms with Crippen LogP contribution < -0.4 is 5.32 Å². The van der Waals surface area contributed by atoms with Crippen molar-refractivity contribution < 1.29 is 9.90 Å². The molecule has 3 rings (SSSR count). The van der Waals surface area contributed by atoms with E-state index in [2.05, 4.69) is 15.3 Å². The summed E-state index contributed by atoms with van der Waals surface area (Å²) in [6.07, 6.45) is 8.82. The molecule has 1 aliphatic carbocycles. The maximum Gasteiger partial charge on any atom is 0.287 e. The molecule has 0 unspecified atom stereocenters. The first kappa shape index (κ1) is 14.7.